The summed E-state index contributed by atoms with van der Waals surface area (Å²) >= 11 is 1.47. The van der Waals surface area contributed by atoms with Gasteiger partial charge in [-0.3, -0.25) is 4.79 Å². The Kier molecular flexibility index (Phi) is 6.29. The molecule has 8 nitrogen and oxygen atoms in total. The Hall–Kier alpha value is -3.30. The number of aryl methyl sites for hydroxylation is 1. The van der Waals surface area contributed by atoms with Crippen LogP contribution in [0.3, 0.4) is 0 Å². The van der Waals surface area contributed by atoms with Gasteiger partial charge in [-0.1, -0.05) is 12.1 Å². The molecule has 0 aliphatic carbocycles. The van der Waals surface area contributed by atoms with Crippen LogP contribution >= 0.6 is 11.3 Å². The minimum Gasteiger partial charge on any atom is -0.492 e. The van der Waals surface area contributed by atoms with E-state index >= 15 is 0 Å². The molecule has 2 aromatic heterocycles. The van der Waals surface area contributed by atoms with Crippen molar-refractivity contribution in [2.45, 2.75) is 25.7 Å². The standard InChI is InChI=1S/C26H30N6O2S/c1-17-4-3-5-22(29-17)31-9-11-32(12-10-31)25(33)24-30-23-19-7-6-18(26(2,15-27)16-28)14-20(19)34-13-8-21(23)35-24/h3-7,14-15,27H,8-13,16,28H2,1-2H3. The smallest absolute Gasteiger partial charge is 0.282 e. The van der Waals surface area contributed by atoms with Crippen molar-refractivity contribution < 1.29 is 9.53 Å². The van der Waals surface area contributed by atoms with E-state index in [9.17, 15) is 4.79 Å². The monoisotopic (exact) mass is 490 g/mol. The number of rotatable bonds is 5. The molecule has 1 fully saturated rings. The lowest BCUT2D eigenvalue weighted by Crippen LogP contribution is -2.49. The summed E-state index contributed by atoms with van der Waals surface area (Å²) in [6, 6.07) is 11.9. The lowest BCUT2D eigenvalue weighted by atomic mass is 9.83. The van der Waals surface area contributed by atoms with E-state index in [-0.39, 0.29) is 5.91 Å². The number of aromatic nitrogens is 2. The summed E-state index contributed by atoms with van der Waals surface area (Å²) in [5, 5.41) is 8.34. The number of pyridine rings is 1. The fraction of sp³-hybridized carbons (Fsp3) is 0.385. The number of nitrogens with zero attached hydrogens (tertiary/aromatic N) is 4. The van der Waals surface area contributed by atoms with Gasteiger partial charge in [0, 0.05) is 66.9 Å². The molecule has 1 unspecified atom stereocenters. The first-order valence-corrected chi connectivity index (χ1v) is 12.7. The van der Waals surface area contributed by atoms with Crippen molar-refractivity contribution in [1.29, 1.82) is 5.41 Å². The van der Waals surface area contributed by atoms with Crippen molar-refractivity contribution >= 4 is 29.3 Å². The molecule has 0 bridgehead atoms. The number of nitrogens with one attached hydrogen (secondary N) is 1. The zero-order valence-corrected chi connectivity index (χ0v) is 20.9. The molecule has 9 heteroatoms. The number of carbonyl (C=O) groups excluding carboxylic acids is 1. The van der Waals surface area contributed by atoms with Crippen LogP contribution < -0.4 is 15.4 Å². The Morgan fingerprint density at radius 3 is 2.74 bits per heavy atom. The van der Waals surface area contributed by atoms with Gasteiger partial charge < -0.3 is 25.7 Å². The van der Waals surface area contributed by atoms with Crippen LogP contribution in [0.1, 0.15) is 32.9 Å². The van der Waals surface area contributed by atoms with Crippen molar-refractivity contribution in [2.75, 3.05) is 44.2 Å². The van der Waals surface area contributed by atoms with Crippen molar-refractivity contribution in [1.82, 2.24) is 14.9 Å². The van der Waals surface area contributed by atoms with Gasteiger partial charge in [0.25, 0.3) is 5.91 Å². The average molecular weight is 491 g/mol. The van der Waals surface area contributed by atoms with E-state index in [4.69, 9.17) is 20.9 Å². The van der Waals surface area contributed by atoms with Gasteiger partial charge in [-0.15, -0.1) is 11.3 Å². The van der Waals surface area contributed by atoms with E-state index in [0.29, 0.717) is 37.7 Å². The number of hydrogen-bond acceptors (Lipinski definition) is 8. The number of thiazole rings is 1. The van der Waals surface area contributed by atoms with Crippen molar-refractivity contribution in [2.24, 2.45) is 5.73 Å². The maximum atomic E-state index is 13.3. The summed E-state index contributed by atoms with van der Waals surface area (Å²) in [4.78, 5) is 27.9. The Morgan fingerprint density at radius 2 is 2.03 bits per heavy atom. The fourth-order valence-electron chi connectivity index (χ4n) is 4.51. The van der Waals surface area contributed by atoms with Crippen LogP contribution in [-0.2, 0) is 11.8 Å². The van der Waals surface area contributed by atoms with Crippen LogP contribution in [0.4, 0.5) is 5.82 Å². The van der Waals surface area contributed by atoms with Gasteiger partial charge in [0.15, 0.2) is 5.01 Å². The van der Waals surface area contributed by atoms with Crippen molar-refractivity contribution in [3.8, 4) is 17.0 Å². The average Bonchev–Trinajstić information content (AvgIpc) is 3.24. The number of piperazine rings is 1. The topological polar surface area (TPSA) is 108 Å². The van der Waals surface area contributed by atoms with E-state index in [1.807, 2.05) is 55.1 Å². The maximum absolute atomic E-state index is 13.3. The minimum absolute atomic E-state index is 0.0153. The molecule has 2 aliphatic heterocycles. The molecular weight excluding hydrogens is 460 g/mol. The Balaban J connectivity index is 1.35. The lowest BCUT2D eigenvalue weighted by molar-refractivity contribution is 0.0746. The number of anilines is 1. The summed E-state index contributed by atoms with van der Waals surface area (Å²) in [7, 11) is 0. The van der Waals surface area contributed by atoms with Crippen molar-refractivity contribution in [3.05, 3.63) is 57.5 Å². The molecule has 3 N–H and O–H groups in total. The van der Waals surface area contributed by atoms with Crippen molar-refractivity contribution in [3.63, 3.8) is 0 Å². The van der Waals surface area contributed by atoms with E-state index in [2.05, 4.69) is 9.88 Å². The largest absolute Gasteiger partial charge is 0.492 e. The highest BCUT2D eigenvalue weighted by molar-refractivity contribution is 7.14. The first-order chi connectivity index (χ1) is 16.9. The molecule has 0 spiro atoms. The molecule has 2 aliphatic rings. The number of fused-ring (bicyclic) bond motifs is 3. The number of benzene rings is 1. The van der Waals surface area contributed by atoms with Gasteiger partial charge in [-0.25, -0.2) is 9.97 Å². The zero-order valence-electron chi connectivity index (χ0n) is 20.1. The Bertz CT molecular complexity index is 1270. The van der Waals surface area contributed by atoms with Crippen LogP contribution in [0.15, 0.2) is 36.4 Å². The number of nitrogens with two attached hydrogens (primary N) is 1. The van der Waals surface area contributed by atoms with Crippen LogP contribution in [0.25, 0.3) is 11.3 Å². The van der Waals surface area contributed by atoms with Gasteiger partial charge in [-0.2, -0.15) is 0 Å². The van der Waals surface area contributed by atoms with Gasteiger partial charge in [0.2, 0.25) is 0 Å². The third kappa shape index (κ3) is 4.41. The highest BCUT2D eigenvalue weighted by atomic mass is 32.1. The highest BCUT2D eigenvalue weighted by Crippen LogP contribution is 2.40. The summed E-state index contributed by atoms with van der Waals surface area (Å²) < 4.78 is 6.04. The van der Waals surface area contributed by atoms with E-state index < -0.39 is 5.41 Å². The third-order valence-corrected chi connectivity index (χ3v) is 7.97. The summed E-state index contributed by atoms with van der Waals surface area (Å²) in [5.41, 5.74) is 9.03. The normalized spacial score (nSPS) is 17.0. The predicted molar refractivity (Wildman–Crippen MR) is 139 cm³/mol. The third-order valence-electron chi connectivity index (χ3n) is 6.87. The van der Waals surface area contributed by atoms with Crippen LogP contribution in [0, 0.1) is 12.3 Å². The molecule has 1 saturated heterocycles. The number of carbonyl (C=O) groups is 1. The summed E-state index contributed by atoms with van der Waals surface area (Å²) in [6.07, 6.45) is 2.08. The summed E-state index contributed by atoms with van der Waals surface area (Å²) in [5.74, 6) is 1.67. The molecule has 1 amide bonds. The first kappa shape index (κ1) is 23.4. The fourth-order valence-corrected chi connectivity index (χ4v) is 5.53. The SMILES string of the molecule is Cc1cccc(N2CCN(C(=O)c3nc4c(s3)CCOc3cc(C(C)(C=N)CN)ccc3-4)CC2)n1. The number of amides is 1. The zero-order chi connectivity index (χ0) is 24.6. The van der Waals surface area contributed by atoms with Gasteiger partial charge in [-0.05, 0) is 43.7 Å². The molecule has 4 heterocycles. The summed E-state index contributed by atoms with van der Waals surface area (Å²) in [6.45, 7) is 7.57. The van der Waals surface area contributed by atoms with Gasteiger partial charge >= 0.3 is 0 Å². The van der Waals surface area contributed by atoms with Gasteiger partial charge in [0.1, 0.15) is 11.6 Å². The second kappa shape index (κ2) is 9.39. The van der Waals surface area contributed by atoms with Crippen LogP contribution in [-0.4, -0.2) is 66.3 Å². The van der Waals surface area contributed by atoms with E-state index in [0.717, 1.165) is 52.0 Å². The quantitative estimate of drug-likeness (QED) is 0.532. The molecule has 0 radical (unpaired) electrons. The Morgan fingerprint density at radius 1 is 1.23 bits per heavy atom. The van der Waals surface area contributed by atoms with E-state index in [1.165, 1.54) is 17.6 Å². The molecule has 1 aromatic carbocycles. The molecule has 35 heavy (non-hydrogen) atoms. The molecule has 182 valence electrons. The molecule has 3 aromatic rings. The molecular formula is C26H30N6O2S. The van der Waals surface area contributed by atoms with Gasteiger partial charge in [0.05, 0.1) is 12.3 Å². The molecule has 5 rings (SSSR count). The lowest BCUT2D eigenvalue weighted by Gasteiger charge is -2.35. The Labute approximate surface area is 209 Å². The maximum Gasteiger partial charge on any atom is 0.282 e. The molecule has 0 saturated carbocycles. The second-order valence-corrected chi connectivity index (χ2v) is 10.4. The van der Waals surface area contributed by atoms with Crippen LogP contribution in [0.2, 0.25) is 0 Å². The molecule has 1 atom stereocenters. The minimum atomic E-state index is -0.549. The highest BCUT2D eigenvalue weighted by Gasteiger charge is 2.29. The number of ether oxygens (including phenoxy) is 1. The predicted octanol–water partition coefficient (Wildman–Crippen LogP) is 3.28. The van der Waals surface area contributed by atoms with E-state index in [1.54, 1.807) is 0 Å². The first-order valence-electron chi connectivity index (χ1n) is 11.9. The number of hydrogen-bond donors (Lipinski definition) is 2. The van der Waals surface area contributed by atoms with Crippen LogP contribution in [0.5, 0.6) is 5.75 Å². The second-order valence-electron chi connectivity index (χ2n) is 9.28.